The van der Waals surface area contributed by atoms with Crippen LogP contribution in [0.5, 0.6) is 0 Å². The largest absolute Gasteiger partial charge is 0.309 e. The minimum atomic E-state index is 0.514. The number of benzene rings is 10. The molecule has 9 nitrogen and oxygen atoms in total. The summed E-state index contributed by atoms with van der Waals surface area (Å²) in [5.41, 5.74) is 14.7. The van der Waals surface area contributed by atoms with Crippen molar-refractivity contribution in [2.45, 2.75) is 0 Å². The second-order valence-electron chi connectivity index (χ2n) is 19.9. The molecule has 0 aliphatic rings. The lowest BCUT2D eigenvalue weighted by atomic mass is 10.1. The molecule has 0 saturated carbocycles. The predicted molar refractivity (Wildman–Crippen MR) is 315 cm³/mol. The zero-order valence-corrected chi connectivity index (χ0v) is 41.2. The quantitative estimate of drug-likeness (QED) is 0.166. The fourth-order valence-electron chi connectivity index (χ4n) is 12.6. The minimum absolute atomic E-state index is 0.514. The van der Waals surface area contributed by atoms with Gasteiger partial charge in [0, 0.05) is 82.7 Å². The SMILES string of the molecule is c1cc(-c2nc(-n3c4ccccc4c4cc(-n5c6ccccc6c6ccccc65)ccc43)nc(-n3c4ccccc4c4cc(-n5c6ccccc6c6ccccc65)ccc43)n2)cc(-n2c3ccccc3c3ccncc32)c1. The highest BCUT2D eigenvalue weighted by molar-refractivity contribution is 6.14. The number of hydrogen-bond acceptors (Lipinski definition) is 4. The van der Waals surface area contributed by atoms with Crippen molar-refractivity contribution in [2.24, 2.45) is 0 Å². The Hall–Kier alpha value is -10.6. The molecule has 9 heteroatoms. The second-order valence-corrected chi connectivity index (χ2v) is 19.9. The Morgan fingerprint density at radius 3 is 1.00 bits per heavy atom. The van der Waals surface area contributed by atoms with Crippen LogP contribution in [-0.4, -0.2) is 42.8 Å². The van der Waals surface area contributed by atoms with E-state index in [2.05, 4.69) is 264 Å². The van der Waals surface area contributed by atoms with Crippen LogP contribution < -0.4 is 0 Å². The summed E-state index contributed by atoms with van der Waals surface area (Å²) in [4.78, 5) is 21.2. The highest BCUT2D eigenvalue weighted by Gasteiger charge is 2.23. The van der Waals surface area contributed by atoms with Crippen molar-refractivity contribution in [1.82, 2.24) is 42.8 Å². The zero-order valence-electron chi connectivity index (χ0n) is 41.2. The van der Waals surface area contributed by atoms with Gasteiger partial charge in [-0.15, -0.1) is 0 Å². The minimum Gasteiger partial charge on any atom is -0.309 e. The fourth-order valence-corrected chi connectivity index (χ4v) is 12.6. The van der Waals surface area contributed by atoms with Gasteiger partial charge in [0.2, 0.25) is 11.9 Å². The Kier molecular flexibility index (Phi) is 8.65. The van der Waals surface area contributed by atoms with Crippen molar-refractivity contribution in [3.63, 3.8) is 0 Å². The molecule has 0 spiro atoms. The standard InChI is InChI=1S/C68H41N9/c1-8-25-56-46(18-1)47-19-2-9-26-57(47)73(56)44-32-34-63-54(39-44)51-23-6-13-30-61(51)76(63)67-70-66(42-16-15-17-43(38-42)75-60-29-12-5-22-50(60)53-36-37-69-41-65(53)75)71-68(72-67)77-62-31-14-7-24-52(62)55-40-45(33-35-64(55)77)74-58-27-10-3-20-48(58)49-21-4-11-28-59(49)74/h1-41H. The maximum atomic E-state index is 5.59. The first-order valence-corrected chi connectivity index (χ1v) is 26.0. The van der Waals surface area contributed by atoms with Gasteiger partial charge < -0.3 is 13.7 Å². The lowest BCUT2D eigenvalue weighted by molar-refractivity contribution is 0.892. The number of para-hydroxylation sites is 7. The van der Waals surface area contributed by atoms with Crippen molar-refractivity contribution in [1.29, 1.82) is 0 Å². The maximum Gasteiger partial charge on any atom is 0.240 e. The van der Waals surface area contributed by atoms with Gasteiger partial charge in [-0.2, -0.15) is 15.0 Å². The van der Waals surface area contributed by atoms with Gasteiger partial charge in [-0.05, 0) is 97.1 Å². The van der Waals surface area contributed by atoms with Crippen LogP contribution in [0, 0.1) is 0 Å². The van der Waals surface area contributed by atoms with Gasteiger partial charge in [-0.1, -0.05) is 140 Å². The topological polar surface area (TPSA) is 76.2 Å². The lowest BCUT2D eigenvalue weighted by Crippen LogP contribution is -2.10. The van der Waals surface area contributed by atoms with E-state index in [4.69, 9.17) is 15.0 Å². The average Bonchev–Trinajstić information content (AvgIpc) is 4.48. The molecule has 0 radical (unpaired) electrons. The van der Waals surface area contributed by atoms with Gasteiger partial charge in [0.05, 0.1) is 61.4 Å². The monoisotopic (exact) mass is 983 g/mol. The summed E-state index contributed by atoms with van der Waals surface area (Å²) in [5, 5.41) is 11.6. The van der Waals surface area contributed by atoms with Crippen LogP contribution in [-0.2, 0) is 0 Å². The van der Waals surface area contributed by atoms with E-state index < -0.39 is 0 Å². The van der Waals surface area contributed by atoms with Crippen LogP contribution in [0.15, 0.2) is 249 Å². The highest BCUT2D eigenvalue weighted by atomic mass is 15.3. The second kappa shape index (κ2) is 15.9. The molecule has 17 rings (SSSR count). The molecule has 0 saturated heterocycles. The summed E-state index contributed by atoms with van der Waals surface area (Å²) in [6, 6.07) is 84.6. The van der Waals surface area contributed by atoms with Crippen molar-refractivity contribution in [3.05, 3.63) is 249 Å². The third kappa shape index (κ3) is 5.99. The molecule has 7 aromatic heterocycles. The van der Waals surface area contributed by atoms with Crippen LogP contribution >= 0.6 is 0 Å². The number of fused-ring (bicyclic) bond motifs is 15. The average molecular weight is 984 g/mol. The molecule has 0 N–H and O–H groups in total. The number of nitrogens with zero attached hydrogens (tertiary/aromatic N) is 9. The van der Waals surface area contributed by atoms with Crippen molar-refractivity contribution in [2.75, 3.05) is 0 Å². The van der Waals surface area contributed by atoms with Crippen molar-refractivity contribution in [3.8, 4) is 40.3 Å². The first-order chi connectivity index (χ1) is 38.2. The van der Waals surface area contributed by atoms with Crippen LogP contribution in [0.1, 0.15) is 0 Å². The number of hydrogen-bond donors (Lipinski definition) is 0. The van der Waals surface area contributed by atoms with Crippen molar-refractivity contribution >= 4 is 109 Å². The zero-order chi connectivity index (χ0) is 50.3. The summed E-state index contributed by atoms with van der Waals surface area (Å²) in [6.07, 6.45) is 3.81. The normalized spacial score (nSPS) is 12.2. The number of rotatable bonds is 6. The third-order valence-electron chi connectivity index (χ3n) is 15.8. The summed E-state index contributed by atoms with van der Waals surface area (Å²) in [7, 11) is 0. The van der Waals surface area contributed by atoms with E-state index in [1.165, 1.54) is 26.9 Å². The van der Waals surface area contributed by atoms with Gasteiger partial charge in [-0.25, -0.2) is 0 Å². The molecule has 77 heavy (non-hydrogen) atoms. The summed E-state index contributed by atoms with van der Waals surface area (Å²) in [5.74, 6) is 1.58. The Bertz CT molecular complexity index is 4910. The molecule has 0 aliphatic heterocycles. The van der Waals surface area contributed by atoms with Crippen LogP contribution in [0.2, 0.25) is 0 Å². The van der Waals surface area contributed by atoms with Crippen LogP contribution in [0.25, 0.3) is 149 Å². The molecule has 0 fully saturated rings. The molecule has 10 aromatic carbocycles. The molecule has 17 aromatic rings. The molecular weight excluding hydrogens is 943 g/mol. The first kappa shape index (κ1) is 41.8. The molecular formula is C68H41N9. The Labute approximate surface area is 439 Å². The molecule has 0 unspecified atom stereocenters. The van der Waals surface area contributed by atoms with E-state index in [1.54, 1.807) is 0 Å². The molecule has 7 heterocycles. The highest BCUT2D eigenvalue weighted by Crippen LogP contribution is 2.40. The van der Waals surface area contributed by atoms with Crippen LogP contribution in [0.3, 0.4) is 0 Å². The predicted octanol–water partition coefficient (Wildman–Crippen LogP) is 16.4. The fraction of sp³-hybridized carbons (Fsp3) is 0. The third-order valence-corrected chi connectivity index (χ3v) is 15.8. The van der Waals surface area contributed by atoms with Crippen LogP contribution in [0.4, 0.5) is 0 Å². The summed E-state index contributed by atoms with van der Waals surface area (Å²) >= 11 is 0. The Balaban J connectivity index is 0.921. The van der Waals surface area contributed by atoms with Gasteiger partial charge in [0.1, 0.15) is 0 Å². The molecule has 0 bridgehead atoms. The maximum absolute atomic E-state index is 5.59. The number of pyridine rings is 1. The van der Waals surface area contributed by atoms with E-state index in [0.29, 0.717) is 17.7 Å². The first-order valence-electron chi connectivity index (χ1n) is 26.0. The molecule has 0 aliphatic carbocycles. The van der Waals surface area contributed by atoms with E-state index in [1.807, 2.05) is 12.4 Å². The smallest absolute Gasteiger partial charge is 0.240 e. The summed E-state index contributed by atoms with van der Waals surface area (Å²) < 4.78 is 11.5. The lowest BCUT2D eigenvalue weighted by Gasteiger charge is -2.14. The Morgan fingerprint density at radius 2 is 0.571 bits per heavy atom. The molecule has 0 atom stereocenters. The van der Waals surface area contributed by atoms with Gasteiger partial charge in [0.15, 0.2) is 5.82 Å². The summed E-state index contributed by atoms with van der Waals surface area (Å²) in [6.45, 7) is 0. The number of aromatic nitrogens is 9. The van der Waals surface area contributed by atoms with Gasteiger partial charge >= 0.3 is 0 Å². The van der Waals surface area contributed by atoms with Crippen molar-refractivity contribution < 1.29 is 0 Å². The van der Waals surface area contributed by atoms with E-state index >= 15 is 0 Å². The van der Waals surface area contributed by atoms with E-state index in [0.717, 1.165) is 105 Å². The van der Waals surface area contributed by atoms with Gasteiger partial charge in [-0.3, -0.25) is 14.1 Å². The van der Waals surface area contributed by atoms with Gasteiger partial charge in [0.25, 0.3) is 0 Å². The van der Waals surface area contributed by atoms with E-state index in [-0.39, 0.29) is 0 Å². The Morgan fingerprint density at radius 1 is 0.234 bits per heavy atom. The van der Waals surface area contributed by atoms with E-state index in [9.17, 15) is 0 Å². The molecule has 0 amide bonds. The molecule has 358 valence electrons.